The highest BCUT2D eigenvalue weighted by molar-refractivity contribution is 6.19. The second-order valence-corrected chi connectivity index (χ2v) is 17.0. The number of rotatable bonds is 12. The third-order valence-electron chi connectivity index (χ3n) is 12.8. The standard InChI is InChI=1S/C59H49N5/c1-3-5-16-40-28-32-42(33-29-40)45-20-14-22-47(36-45)58-60-57(44-18-8-7-9-19-44)61-59(62-58)64-54-27-13-11-25-50(54)52-38-51-49-24-10-12-26-53(49)63(55(51)39-56(52)64)48-23-15-21-46(37-48)43-34-30-41(31-35-43)17-6-4-2/h7-15,18-39H,3-6,16-17H2,1-2H3. The van der Waals surface area contributed by atoms with Gasteiger partial charge in [-0.25, -0.2) is 4.98 Å². The first-order valence-electron chi connectivity index (χ1n) is 22.8. The number of aryl methyl sites for hydroxylation is 2. The molecule has 11 aromatic rings. The summed E-state index contributed by atoms with van der Waals surface area (Å²) < 4.78 is 4.65. The van der Waals surface area contributed by atoms with Gasteiger partial charge in [-0.15, -0.1) is 0 Å². The first-order chi connectivity index (χ1) is 31.6. The van der Waals surface area contributed by atoms with Gasteiger partial charge in [0.05, 0.1) is 22.1 Å². The lowest BCUT2D eigenvalue weighted by atomic mass is 10.00. The molecule has 0 amide bonds. The van der Waals surface area contributed by atoms with E-state index in [4.69, 9.17) is 15.0 Å². The van der Waals surface area contributed by atoms with Gasteiger partial charge in [-0.1, -0.05) is 172 Å². The van der Waals surface area contributed by atoms with E-state index in [1.165, 1.54) is 64.3 Å². The molecule has 0 aliphatic heterocycles. The van der Waals surface area contributed by atoms with E-state index in [1.807, 2.05) is 18.2 Å². The van der Waals surface area contributed by atoms with E-state index in [2.05, 4.69) is 193 Å². The molecule has 0 saturated heterocycles. The highest BCUT2D eigenvalue weighted by Crippen LogP contribution is 2.40. The van der Waals surface area contributed by atoms with Gasteiger partial charge < -0.3 is 4.57 Å². The van der Waals surface area contributed by atoms with Crippen molar-refractivity contribution in [1.29, 1.82) is 0 Å². The number of nitrogens with zero attached hydrogens (tertiary/aromatic N) is 5. The molecule has 0 radical (unpaired) electrons. The maximum absolute atomic E-state index is 5.36. The van der Waals surface area contributed by atoms with Crippen LogP contribution in [0.3, 0.4) is 0 Å². The van der Waals surface area contributed by atoms with Gasteiger partial charge in [0.15, 0.2) is 11.6 Å². The van der Waals surface area contributed by atoms with Crippen molar-refractivity contribution in [3.8, 4) is 56.7 Å². The average molecular weight is 828 g/mol. The zero-order chi connectivity index (χ0) is 43.0. The topological polar surface area (TPSA) is 48.5 Å². The van der Waals surface area contributed by atoms with E-state index in [1.54, 1.807) is 0 Å². The van der Waals surface area contributed by atoms with Crippen molar-refractivity contribution in [3.63, 3.8) is 0 Å². The van der Waals surface area contributed by atoms with Crippen LogP contribution in [0.2, 0.25) is 0 Å². The van der Waals surface area contributed by atoms with Gasteiger partial charge in [-0.3, -0.25) is 4.57 Å². The van der Waals surface area contributed by atoms with Crippen molar-refractivity contribution < 1.29 is 0 Å². The molecule has 3 heterocycles. The van der Waals surface area contributed by atoms with Crippen LogP contribution < -0.4 is 0 Å². The molecule has 0 aliphatic rings. The Morgan fingerprint density at radius 1 is 0.344 bits per heavy atom. The predicted molar refractivity (Wildman–Crippen MR) is 267 cm³/mol. The van der Waals surface area contributed by atoms with Crippen LogP contribution in [0.25, 0.3) is 100 Å². The van der Waals surface area contributed by atoms with Gasteiger partial charge in [0.2, 0.25) is 5.95 Å². The second kappa shape index (κ2) is 16.9. The molecule has 0 aliphatic carbocycles. The Morgan fingerprint density at radius 3 is 1.47 bits per heavy atom. The fourth-order valence-electron chi connectivity index (χ4n) is 9.39. The van der Waals surface area contributed by atoms with Gasteiger partial charge in [0, 0.05) is 38.4 Å². The largest absolute Gasteiger partial charge is 0.309 e. The van der Waals surface area contributed by atoms with Gasteiger partial charge in [0.1, 0.15) is 0 Å². The smallest absolute Gasteiger partial charge is 0.238 e. The number of hydrogen-bond donors (Lipinski definition) is 0. The molecule has 0 spiro atoms. The summed E-state index contributed by atoms with van der Waals surface area (Å²) in [4.78, 5) is 15.8. The van der Waals surface area contributed by atoms with Crippen molar-refractivity contribution in [2.45, 2.75) is 52.4 Å². The molecule has 0 atom stereocenters. The molecule has 8 aromatic carbocycles. The minimum atomic E-state index is 0.576. The van der Waals surface area contributed by atoms with Crippen molar-refractivity contribution in [3.05, 3.63) is 199 Å². The summed E-state index contributed by atoms with van der Waals surface area (Å²) in [7, 11) is 0. The van der Waals surface area contributed by atoms with Gasteiger partial charge >= 0.3 is 0 Å². The average Bonchev–Trinajstić information content (AvgIpc) is 3.86. The summed E-state index contributed by atoms with van der Waals surface area (Å²) in [5, 5.41) is 4.71. The first-order valence-corrected chi connectivity index (χ1v) is 22.8. The highest BCUT2D eigenvalue weighted by Gasteiger charge is 2.21. The number of unbranched alkanes of at least 4 members (excludes halogenated alkanes) is 2. The highest BCUT2D eigenvalue weighted by atomic mass is 15.2. The van der Waals surface area contributed by atoms with Gasteiger partial charge in [-0.05, 0) is 102 Å². The molecule has 0 unspecified atom stereocenters. The van der Waals surface area contributed by atoms with Crippen molar-refractivity contribution in [2.75, 3.05) is 0 Å². The normalized spacial score (nSPS) is 11.7. The zero-order valence-corrected chi connectivity index (χ0v) is 36.4. The quantitative estimate of drug-likeness (QED) is 0.123. The number of para-hydroxylation sites is 2. The predicted octanol–water partition coefficient (Wildman–Crippen LogP) is 15.4. The summed E-state index contributed by atoms with van der Waals surface area (Å²) >= 11 is 0. The number of hydrogen-bond acceptors (Lipinski definition) is 3. The van der Waals surface area contributed by atoms with Crippen molar-refractivity contribution in [1.82, 2.24) is 24.1 Å². The maximum Gasteiger partial charge on any atom is 0.238 e. The van der Waals surface area contributed by atoms with E-state index in [0.29, 0.717) is 17.6 Å². The molecular weight excluding hydrogens is 779 g/mol. The lowest BCUT2D eigenvalue weighted by Crippen LogP contribution is -2.06. The van der Waals surface area contributed by atoms with Gasteiger partial charge in [-0.2, -0.15) is 9.97 Å². The summed E-state index contributed by atoms with van der Waals surface area (Å²) in [5.74, 6) is 1.83. The van der Waals surface area contributed by atoms with Crippen LogP contribution in [0.1, 0.15) is 50.7 Å². The van der Waals surface area contributed by atoms with E-state index in [-0.39, 0.29) is 0 Å². The lowest BCUT2D eigenvalue weighted by molar-refractivity contribution is 0.795. The van der Waals surface area contributed by atoms with Crippen LogP contribution in [0.4, 0.5) is 0 Å². The van der Waals surface area contributed by atoms with Crippen LogP contribution in [0, 0.1) is 0 Å². The fourth-order valence-corrected chi connectivity index (χ4v) is 9.39. The molecule has 64 heavy (non-hydrogen) atoms. The summed E-state index contributed by atoms with van der Waals surface area (Å²) in [6.45, 7) is 4.49. The summed E-state index contributed by atoms with van der Waals surface area (Å²) in [6, 6.07) is 68.0. The van der Waals surface area contributed by atoms with Gasteiger partial charge in [0.25, 0.3) is 0 Å². The Hall–Kier alpha value is -7.63. The zero-order valence-electron chi connectivity index (χ0n) is 36.4. The summed E-state index contributed by atoms with van der Waals surface area (Å²) in [5.41, 5.74) is 14.8. The molecule has 11 rings (SSSR count). The maximum atomic E-state index is 5.36. The Morgan fingerprint density at radius 2 is 0.844 bits per heavy atom. The molecule has 5 nitrogen and oxygen atoms in total. The Kier molecular flexibility index (Phi) is 10.4. The molecule has 0 saturated carbocycles. The molecule has 0 N–H and O–H groups in total. The van der Waals surface area contributed by atoms with Crippen molar-refractivity contribution in [2.24, 2.45) is 0 Å². The van der Waals surface area contributed by atoms with E-state index < -0.39 is 0 Å². The molecule has 0 bridgehead atoms. The Balaban J connectivity index is 1.10. The first kappa shape index (κ1) is 39.2. The van der Waals surface area contributed by atoms with E-state index in [9.17, 15) is 0 Å². The SMILES string of the molecule is CCCCc1ccc(-c2cccc(-c3nc(-c4ccccc4)nc(-n4c5ccccc5c5cc6c7ccccc7n(-c7cccc(-c8ccc(CCCC)cc8)c7)c6cc54)n3)c2)cc1. The fraction of sp³-hybridized carbons (Fsp3) is 0.136. The number of fused-ring (bicyclic) bond motifs is 6. The summed E-state index contributed by atoms with van der Waals surface area (Å²) in [6.07, 6.45) is 7.01. The monoisotopic (exact) mass is 827 g/mol. The molecular formula is C59H49N5. The number of aromatic nitrogens is 5. The molecule has 3 aromatic heterocycles. The molecule has 0 fully saturated rings. The van der Waals surface area contributed by atoms with Crippen LogP contribution in [-0.2, 0) is 12.8 Å². The third kappa shape index (κ3) is 7.23. The van der Waals surface area contributed by atoms with Crippen LogP contribution in [0.15, 0.2) is 188 Å². The minimum Gasteiger partial charge on any atom is -0.309 e. The Bertz CT molecular complexity index is 3450. The Labute approximate surface area is 374 Å². The third-order valence-corrected chi connectivity index (χ3v) is 12.8. The minimum absolute atomic E-state index is 0.576. The van der Waals surface area contributed by atoms with Crippen molar-refractivity contribution >= 4 is 43.6 Å². The van der Waals surface area contributed by atoms with Crippen LogP contribution in [0.5, 0.6) is 0 Å². The second-order valence-electron chi connectivity index (χ2n) is 17.0. The van der Waals surface area contributed by atoms with E-state index in [0.717, 1.165) is 68.1 Å². The van der Waals surface area contributed by atoms with Crippen LogP contribution >= 0.6 is 0 Å². The molecule has 310 valence electrons. The van der Waals surface area contributed by atoms with Crippen LogP contribution in [-0.4, -0.2) is 24.1 Å². The lowest BCUT2D eigenvalue weighted by Gasteiger charge is -2.13. The van der Waals surface area contributed by atoms with E-state index >= 15 is 0 Å². The molecule has 5 heteroatoms. The number of benzene rings is 8.